The van der Waals surface area contributed by atoms with Gasteiger partial charge in [-0.3, -0.25) is 4.79 Å². The van der Waals surface area contributed by atoms with Crippen molar-refractivity contribution in [3.05, 3.63) is 66.0 Å². The van der Waals surface area contributed by atoms with E-state index in [2.05, 4.69) is 4.98 Å². The van der Waals surface area contributed by atoms with E-state index in [0.717, 1.165) is 5.56 Å². The molecule has 24 heavy (non-hydrogen) atoms. The van der Waals surface area contributed by atoms with E-state index < -0.39 is 11.9 Å². The van der Waals surface area contributed by atoms with Gasteiger partial charge in [0, 0.05) is 30.1 Å². The fourth-order valence-corrected chi connectivity index (χ4v) is 2.93. The van der Waals surface area contributed by atoms with Gasteiger partial charge in [0.1, 0.15) is 5.82 Å². The number of nitrogens with zero attached hydrogens (tertiary/aromatic N) is 2. The largest absolute Gasteiger partial charge is 0.389 e. The number of carbonyl (C=O) groups excluding carboxylic acids is 1. The topological polar surface area (TPSA) is 53.4 Å². The first-order valence-corrected chi connectivity index (χ1v) is 7.75. The summed E-state index contributed by atoms with van der Waals surface area (Å²) in [4.78, 5) is 18.8. The van der Waals surface area contributed by atoms with Gasteiger partial charge in [0.15, 0.2) is 0 Å². The highest BCUT2D eigenvalue weighted by Gasteiger charge is 2.30. The molecule has 3 aromatic rings. The summed E-state index contributed by atoms with van der Waals surface area (Å²) in [5, 5.41) is 10.1. The standard InChI is InChI=1S/C19H15FN2O2/c20-13-6-7-15-16(19(24)22-10-14(23)11-22)9-17(21-18(15)8-13)12-4-2-1-3-5-12/h1-9,14,23H,10-11H2. The van der Waals surface area contributed by atoms with E-state index in [-0.39, 0.29) is 5.91 Å². The van der Waals surface area contributed by atoms with Crippen LogP contribution in [-0.4, -0.2) is 40.1 Å². The lowest BCUT2D eigenvalue weighted by atomic mass is 10.0. The van der Waals surface area contributed by atoms with Gasteiger partial charge in [-0.2, -0.15) is 0 Å². The molecule has 5 heteroatoms. The Kier molecular flexibility index (Phi) is 3.50. The SMILES string of the molecule is O=C(c1cc(-c2ccccc2)nc2cc(F)ccc12)N1CC(O)C1. The number of hydrogen-bond donors (Lipinski definition) is 1. The Bertz CT molecular complexity index is 921. The van der Waals surface area contributed by atoms with Crippen LogP contribution < -0.4 is 0 Å². The van der Waals surface area contributed by atoms with E-state index in [1.807, 2.05) is 30.3 Å². The quantitative estimate of drug-likeness (QED) is 0.789. The van der Waals surface area contributed by atoms with E-state index in [9.17, 15) is 14.3 Å². The zero-order chi connectivity index (χ0) is 16.7. The minimum absolute atomic E-state index is 0.170. The molecule has 4 nitrogen and oxygen atoms in total. The van der Waals surface area contributed by atoms with Gasteiger partial charge in [0.05, 0.1) is 22.9 Å². The number of aromatic nitrogens is 1. The van der Waals surface area contributed by atoms with Crippen LogP contribution >= 0.6 is 0 Å². The van der Waals surface area contributed by atoms with E-state index in [4.69, 9.17) is 0 Å². The van der Waals surface area contributed by atoms with Crippen LogP contribution in [0.4, 0.5) is 4.39 Å². The molecule has 1 saturated heterocycles. The highest BCUT2D eigenvalue weighted by atomic mass is 19.1. The normalized spacial score (nSPS) is 14.7. The van der Waals surface area contributed by atoms with Crippen LogP contribution in [-0.2, 0) is 0 Å². The Morgan fingerprint density at radius 1 is 1.12 bits per heavy atom. The second-order valence-corrected chi connectivity index (χ2v) is 5.95. The van der Waals surface area contributed by atoms with Crippen LogP contribution in [0.15, 0.2) is 54.6 Å². The van der Waals surface area contributed by atoms with Crippen molar-refractivity contribution >= 4 is 16.8 Å². The Labute approximate surface area is 138 Å². The molecule has 2 aromatic carbocycles. The molecule has 2 heterocycles. The van der Waals surface area contributed by atoms with Crippen LogP contribution in [0.2, 0.25) is 0 Å². The number of hydrogen-bond acceptors (Lipinski definition) is 3. The first-order chi connectivity index (χ1) is 11.6. The fourth-order valence-electron chi connectivity index (χ4n) is 2.93. The average molecular weight is 322 g/mol. The lowest BCUT2D eigenvalue weighted by molar-refractivity contribution is 0.00603. The molecule has 0 aliphatic carbocycles. The lowest BCUT2D eigenvalue weighted by Crippen LogP contribution is -2.53. The molecule has 1 amide bonds. The molecule has 4 rings (SSSR count). The monoisotopic (exact) mass is 322 g/mol. The summed E-state index contributed by atoms with van der Waals surface area (Å²) in [6.07, 6.45) is -0.465. The van der Waals surface area contributed by atoms with Crippen molar-refractivity contribution in [3.8, 4) is 11.3 Å². The van der Waals surface area contributed by atoms with Gasteiger partial charge in [0.2, 0.25) is 0 Å². The van der Waals surface area contributed by atoms with Crippen molar-refractivity contribution in [2.24, 2.45) is 0 Å². The molecule has 0 radical (unpaired) electrons. The first kappa shape index (κ1) is 14.8. The van der Waals surface area contributed by atoms with Gasteiger partial charge in [0.25, 0.3) is 5.91 Å². The second kappa shape index (κ2) is 5.69. The zero-order valence-corrected chi connectivity index (χ0v) is 12.8. The van der Waals surface area contributed by atoms with Crippen LogP contribution in [0.1, 0.15) is 10.4 Å². The number of pyridine rings is 1. The molecule has 0 saturated carbocycles. The van der Waals surface area contributed by atoms with Crippen LogP contribution in [0.5, 0.6) is 0 Å². The van der Waals surface area contributed by atoms with Crippen LogP contribution in [0, 0.1) is 5.82 Å². The highest BCUT2D eigenvalue weighted by molar-refractivity contribution is 6.07. The molecule has 0 atom stereocenters. The second-order valence-electron chi connectivity index (χ2n) is 5.95. The Hall–Kier alpha value is -2.79. The molecule has 0 bridgehead atoms. The Morgan fingerprint density at radius 2 is 1.88 bits per heavy atom. The summed E-state index contributed by atoms with van der Waals surface area (Å²) in [6.45, 7) is 0.648. The molecule has 120 valence electrons. The zero-order valence-electron chi connectivity index (χ0n) is 12.8. The first-order valence-electron chi connectivity index (χ1n) is 7.75. The number of halogens is 1. The average Bonchev–Trinajstić information content (AvgIpc) is 2.58. The maximum atomic E-state index is 13.6. The summed E-state index contributed by atoms with van der Waals surface area (Å²) in [6, 6.07) is 15.5. The number of rotatable bonds is 2. The predicted molar refractivity (Wildman–Crippen MR) is 89.0 cm³/mol. The van der Waals surface area contributed by atoms with Gasteiger partial charge in [-0.05, 0) is 18.2 Å². The van der Waals surface area contributed by atoms with Crippen molar-refractivity contribution in [3.63, 3.8) is 0 Å². The van der Waals surface area contributed by atoms with Gasteiger partial charge < -0.3 is 10.0 Å². The molecule has 1 aromatic heterocycles. The minimum atomic E-state index is -0.465. The number of carbonyl (C=O) groups is 1. The summed E-state index contributed by atoms with van der Waals surface area (Å²) in [5.41, 5.74) is 2.41. The number of amides is 1. The third-order valence-electron chi connectivity index (χ3n) is 4.22. The van der Waals surface area contributed by atoms with Crippen molar-refractivity contribution in [1.29, 1.82) is 0 Å². The van der Waals surface area contributed by atoms with Crippen molar-refractivity contribution in [2.75, 3.05) is 13.1 Å². The Balaban J connectivity index is 1.88. The molecular formula is C19H15FN2O2. The maximum absolute atomic E-state index is 13.6. The summed E-state index contributed by atoms with van der Waals surface area (Å²) in [5.74, 6) is -0.561. The summed E-state index contributed by atoms with van der Waals surface area (Å²) >= 11 is 0. The fraction of sp³-hybridized carbons (Fsp3) is 0.158. The summed E-state index contributed by atoms with van der Waals surface area (Å²) in [7, 11) is 0. The molecule has 1 fully saturated rings. The summed E-state index contributed by atoms with van der Waals surface area (Å²) < 4.78 is 13.6. The minimum Gasteiger partial charge on any atom is -0.389 e. The Morgan fingerprint density at radius 3 is 2.58 bits per heavy atom. The number of likely N-dealkylation sites (tertiary alicyclic amines) is 1. The van der Waals surface area contributed by atoms with E-state index in [1.54, 1.807) is 17.0 Å². The molecule has 0 spiro atoms. The van der Waals surface area contributed by atoms with Gasteiger partial charge in [-0.15, -0.1) is 0 Å². The third-order valence-corrected chi connectivity index (χ3v) is 4.22. The van der Waals surface area contributed by atoms with Gasteiger partial charge >= 0.3 is 0 Å². The van der Waals surface area contributed by atoms with E-state index in [0.29, 0.717) is 35.2 Å². The molecular weight excluding hydrogens is 307 g/mol. The van der Waals surface area contributed by atoms with Crippen molar-refractivity contribution in [1.82, 2.24) is 9.88 Å². The van der Waals surface area contributed by atoms with Crippen LogP contribution in [0.3, 0.4) is 0 Å². The van der Waals surface area contributed by atoms with E-state index in [1.165, 1.54) is 12.1 Å². The number of β-amino-alcohol motifs (C(OH)–C–C–N with tert-alkyl or cyclic N) is 1. The van der Waals surface area contributed by atoms with Crippen molar-refractivity contribution in [2.45, 2.75) is 6.10 Å². The predicted octanol–water partition coefficient (Wildman–Crippen LogP) is 2.86. The smallest absolute Gasteiger partial charge is 0.254 e. The van der Waals surface area contributed by atoms with Gasteiger partial charge in [-0.1, -0.05) is 30.3 Å². The number of benzene rings is 2. The van der Waals surface area contributed by atoms with Crippen LogP contribution in [0.25, 0.3) is 22.2 Å². The number of fused-ring (bicyclic) bond motifs is 1. The third kappa shape index (κ3) is 2.53. The number of aliphatic hydroxyl groups excluding tert-OH is 1. The van der Waals surface area contributed by atoms with Gasteiger partial charge in [-0.25, -0.2) is 9.37 Å². The van der Waals surface area contributed by atoms with Crippen molar-refractivity contribution < 1.29 is 14.3 Å². The highest BCUT2D eigenvalue weighted by Crippen LogP contribution is 2.27. The van der Waals surface area contributed by atoms with E-state index >= 15 is 0 Å². The number of aliphatic hydroxyl groups is 1. The lowest BCUT2D eigenvalue weighted by Gasteiger charge is -2.36. The molecule has 0 unspecified atom stereocenters. The molecule has 1 aliphatic heterocycles. The molecule has 1 N–H and O–H groups in total. The molecule has 1 aliphatic rings. The maximum Gasteiger partial charge on any atom is 0.254 e.